The van der Waals surface area contributed by atoms with E-state index in [2.05, 4.69) is 27.7 Å². The maximum absolute atomic E-state index is 13.4. The van der Waals surface area contributed by atoms with Crippen LogP contribution in [0.2, 0.25) is 0 Å². The summed E-state index contributed by atoms with van der Waals surface area (Å²) in [5.74, 6) is 2.94. The van der Waals surface area contributed by atoms with E-state index in [1.54, 1.807) is 0 Å². The number of Topliss-reactive ketones (excluding diaryl/α,β-unsaturated/α-hetero) is 1. The zero-order valence-corrected chi connectivity index (χ0v) is 21.4. The van der Waals surface area contributed by atoms with Crippen LogP contribution in [0.1, 0.15) is 106 Å². The Morgan fingerprint density at radius 2 is 1.72 bits per heavy atom. The molecule has 184 valence electrons. The summed E-state index contributed by atoms with van der Waals surface area (Å²) in [6.07, 6.45) is 8.60. The number of aliphatic hydroxyl groups excluding tert-OH is 1. The molecule has 4 fully saturated rings. The van der Waals surface area contributed by atoms with E-state index in [-0.39, 0.29) is 23.0 Å². The van der Waals surface area contributed by atoms with Crippen LogP contribution in [0.4, 0.5) is 0 Å². The number of carbonyl (C=O) groups excluding carboxylic acids is 1. The molecule has 0 bridgehead atoms. The van der Waals surface area contributed by atoms with Gasteiger partial charge in [0.1, 0.15) is 5.60 Å². The molecule has 10 atom stereocenters. The maximum atomic E-state index is 13.4. The van der Waals surface area contributed by atoms with Crippen molar-refractivity contribution >= 4 is 5.78 Å². The number of aliphatic hydroxyl groups is 3. The van der Waals surface area contributed by atoms with Gasteiger partial charge < -0.3 is 15.3 Å². The Kier molecular flexibility index (Phi) is 6.21. The van der Waals surface area contributed by atoms with Crippen LogP contribution in [0.25, 0.3) is 0 Å². The third-order valence-electron chi connectivity index (χ3n) is 11.6. The average molecular weight is 449 g/mol. The third kappa shape index (κ3) is 3.62. The molecule has 4 saturated carbocycles. The first-order valence-electron chi connectivity index (χ1n) is 13.4. The number of ketones is 1. The molecule has 0 spiro atoms. The van der Waals surface area contributed by atoms with Crippen LogP contribution in [-0.4, -0.2) is 38.4 Å². The lowest BCUT2D eigenvalue weighted by atomic mass is 9.42. The Balaban J connectivity index is 1.52. The zero-order valence-electron chi connectivity index (χ0n) is 21.4. The molecule has 4 nitrogen and oxygen atoms in total. The Labute approximate surface area is 195 Å². The van der Waals surface area contributed by atoms with Crippen molar-refractivity contribution in [2.75, 3.05) is 0 Å². The first-order chi connectivity index (χ1) is 14.7. The van der Waals surface area contributed by atoms with Crippen molar-refractivity contribution < 1.29 is 20.1 Å². The molecule has 0 amide bonds. The van der Waals surface area contributed by atoms with Crippen LogP contribution in [0.3, 0.4) is 0 Å². The second kappa shape index (κ2) is 8.05. The van der Waals surface area contributed by atoms with Gasteiger partial charge in [0.2, 0.25) is 0 Å². The molecule has 4 aliphatic rings. The van der Waals surface area contributed by atoms with Gasteiger partial charge in [-0.1, -0.05) is 34.1 Å². The maximum Gasteiger partial charge on any atom is 0.165 e. The van der Waals surface area contributed by atoms with Crippen molar-refractivity contribution in [2.24, 2.45) is 46.3 Å². The van der Waals surface area contributed by atoms with Gasteiger partial charge in [0.05, 0.1) is 11.7 Å². The summed E-state index contributed by atoms with van der Waals surface area (Å²) >= 11 is 0. The van der Waals surface area contributed by atoms with E-state index in [0.29, 0.717) is 48.3 Å². The van der Waals surface area contributed by atoms with Crippen molar-refractivity contribution in [1.82, 2.24) is 0 Å². The van der Waals surface area contributed by atoms with Crippen LogP contribution in [0, 0.1) is 46.3 Å². The topological polar surface area (TPSA) is 77.8 Å². The van der Waals surface area contributed by atoms with Gasteiger partial charge in [-0.3, -0.25) is 4.79 Å². The van der Waals surface area contributed by atoms with E-state index >= 15 is 0 Å². The molecule has 10 unspecified atom stereocenters. The highest BCUT2D eigenvalue weighted by Crippen LogP contribution is 2.68. The minimum atomic E-state index is -1.34. The van der Waals surface area contributed by atoms with Gasteiger partial charge in [-0.2, -0.15) is 0 Å². The van der Waals surface area contributed by atoms with E-state index in [1.165, 1.54) is 19.3 Å². The van der Waals surface area contributed by atoms with Crippen molar-refractivity contribution in [1.29, 1.82) is 0 Å². The van der Waals surface area contributed by atoms with E-state index in [1.807, 2.05) is 13.8 Å². The zero-order chi connectivity index (χ0) is 23.7. The molecule has 32 heavy (non-hydrogen) atoms. The first-order valence-corrected chi connectivity index (χ1v) is 13.4. The Morgan fingerprint density at radius 1 is 1.03 bits per heavy atom. The summed E-state index contributed by atoms with van der Waals surface area (Å²) in [5.41, 5.74) is -2.07. The Hall–Kier alpha value is -0.450. The fraction of sp³-hybridized carbons (Fsp3) is 0.964. The highest BCUT2D eigenvalue weighted by molar-refractivity contribution is 5.89. The SMILES string of the molecule is CC(CCC(C)C(C)(C)O)C1CCC2C3CC(=O)C4(O)CC(O)CCC4(C)C3CCC12C. The van der Waals surface area contributed by atoms with Gasteiger partial charge in [0.25, 0.3) is 0 Å². The van der Waals surface area contributed by atoms with Crippen molar-refractivity contribution in [2.45, 2.75) is 123 Å². The molecule has 3 N–H and O–H groups in total. The highest BCUT2D eigenvalue weighted by atomic mass is 16.3. The number of fused-ring (bicyclic) bond motifs is 5. The van der Waals surface area contributed by atoms with Gasteiger partial charge in [0, 0.05) is 18.3 Å². The summed E-state index contributed by atoms with van der Waals surface area (Å²) in [5, 5.41) is 32.1. The van der Waals surface area contributed by atoms with Gasteiger partial charge in [0.15, 0.2) is 5.78 Å². The van der Waals surface area contributed by atoms with Crippen LogP contribution in [-0.2, 0) is 4.79 Å². The number of rotatable bonds is 5. The summed E-state index contributed by atoms with van der Waals surface area (Å²) in [4.78, 5) is 13.4. The molecule has 0 aliphatic heterocycles. The number of carbonyl (C=O) groups is 1. The standard InChI is InChI=1S/C28H48O4/c1-17(7-8-18(2)25(3,4)31)21-9-10-22-20-15-24(30)28(32)16-19(29)11-14-27(28,6)23(20)12-13-26(21,22)5/h17-23,29,31-32H,7-16H2,1-6H3. The van der Waals surface area contributed by atoms with Crippen LogP contribution < -0.4 is 0 Å². The number of hydrogen-bond acceptors (Lipinski definition) is 4. The summed E-state index contributed by atoms with van der Waals surface area (Å²) in [6.45, 7) is 13.1. The molecule has 4 rings (SSSR count). The minimum absolute atomic E-state index is 0.000231. The fourth-order valence-corrected chi connectivity index (χ4v) is 9.06. The Bertz CT molecular complexity index is 727. The molecular formula is C28H48O4. The smallest absolute Gasteiger partial charge is 0.165 e. The second-order valence-corrected chi connectivity index (χ2v) is 13.5. The molecule has 0 radical (unpaired) electrons. The molecule has 0 aromatic rings. The second-order valence-electron chi connectivity index (χ2n) is 13.5. The molecule has 0 saturated heterocycles. The number of hydrogen-bond donors (Lipinski definition) is 3. The normalized spacial score (nSPS) is 48.5. The van der Waals surface area contributed by atoms with Gasteiger partial charge >= 0.3 is 0 Å². The molecule has 0 aromatic carbocycles. The minimum Gasteiger partial charge on any atom is -0.393 e. The van der Waals surface area contributed by atoms with Crippen molar-refractivity contribution in [3.63, 3.8) is 0 Å². The molecular weight excluding hydrogens is 400 g/mol. The van der Waals surface area contributed by atoms with E-state index in [0.717, 1.165) is 25.7 Å². The van der Waals surface area contributed by atoms with E-state index in [9.17, 15) is 20.1 Å². The van der Waals surface area contributed by atoms with Gasteiger partial charge in [-0.25, -0.2) is 0 Å². The lowest BCUT2D eigenvalue weighted by Crippen LogP contribution is -2.67. The third-order valence-corrected chi connectivity index (χ3v) is 11.6. The highest BCUT2D eigenvalue weighted by Gasteiger charge is 2.67. The predicted octanol–water partition coefficient (Wildman–Crippen LogP) is 5.12. The molecule has 0 heterocycles. The Morgan fingerprint density at radius 3 is 2.38 bits per heavy atom. The van der Waals surface area contributed by atoms with E-state index < -0.39 is 17.3 Å². The summed E-state index contributed by atoms with van der Waals surface area (Å²) < 4.78 is 0. The summed E-state index contributed by atoms with van der Waals surface area (Å²) in [7, 11) is 0. The average Bonchev–Trinajstić information content (AvgIpc) is 3.05. The van der Waals surface area contributed by atoms with Crippen LogP contribution in [0.5, 0.6) is 0 Å². The van der Waals surface area contributed by atoms with Crippen LogP contribution >= 0.6 is 0 Å². The molecule has 4 heteroatoms. The van der Waals surface area contributed by atoms with E-state index in [4.69, 9.17) is 0 Å². The summed E-state index contributed by atoms with van der Waals surface area (Å²) in [6, 6.07) is 0. The van der Waals surface area contributed by atoms with Gasteiger partial charge in [-0.15, -0.1) is 0 Å². The predicted molar refractivity (Wildman–Crippen MR) is 127 cm³/mol. The first kappa shape index (κ1) is 24.7. The monoisotopic (exact) mass is 448 g/mol. The quantitative estimate of drug-likeness (QED) is 0.545. The molecule has 0 aromatic heterocycles. The van der Waals surface area contributed by atoms with Crippen molar-refractivity contribution in [3.05, 3.63) is 0 Å². The lowest BCUT2D eigenvalue weighted by Gasteiger charge is -2.63. The van der Waals surface area contributed by atoms with Crippen LogP contribution in [0.15, 0.2) is 0 Å². The van der Waals surface area contributed by atoms with Crippen molar-refractivity contribution in [3.8, 4) is 0 Å². The largest absolute Gasteiger partial charge is 0.393 e. The fourth-order valence-electron chi connectivity index (χ4n) is 9.06. The van der Waals surface area contributed by atoms with Gasteiger partial charge in [-0.05, 0) is 99.7 Å². The molecule has 4 aliphatic carbocycles. The lowest BCUT2D eigenvalue weighted by molar-refractivity contribution is -0.213.